The van der Waals surface area contributed by atoms with Crippen LogP contribution in [0.15, 0.2) is 54.6 Å². The molecule has 4 heteroatoms. The van der Waals surface area contributed by atoms with E-state index in [1.165, 1.54) is 0 Å². The van der Waals surface area contributed by atoms with E-state index in [2.05, 4.69) is 17.2 Å². The smallest absolute Gasteiger partial charge is 0.321 e. The first-order chi connectivity index (χ1) is 10.7. The second-order valence-electron chi connectivity index (χ2n) is 5.01. The quantitative estimate of drug-likeness (QED) is 0.838. The number of nitrogens with one attached hydrogen (secondary N) is 1. The summed E-state index contributed by atoms with van der Waals surface area (Å²) < 4.78 is 0. The number of carbonyl (C=O) groups is 1. The Labute approximate surface area is 133 Å². The Hall–Kier alpha value is -2.22. The standard InChI is InChI=1S/C18H15NO2S/c20-18(21)16-12-22-17(19-16)15-10-8-14(9-11-15)7-6-13-4-2-1-3-5-13/h1-5,8-11,16-17,19H,12H2,(H,20,21)/t16-,17+/m1/s1. The largest absolute Gasteiger partial charge is 0.480 e. The summed E-state index contributed by atoms with van der Waals surface area (Å²) in [5.41, 5.74) is 3.02. The SMILES string of the molecule is O=C(O)[C@H]1CS[C@@H](c2ccc(C#Cc3ccccc3)cc2)N1. The van der Waals surface area contributed by atoms with E-state index < -0.39 is 12.0 Å². The third-order valence-corrected chi connectivity index (χ3v) is 4.69. The van der Waals surface area contributed by atoms with Gasteiger partial charge < -0.3 is 5.11 Å². The van der Waals surface area contributed by atoms with Gasteiger partial charge in [-0.2, -0.15) is 0 Å². The third kappa shape index (κ3) is 3.51. The van der Waals surface area contributed by atoms with Gasteiger partial charge in [-0.05, 0) is 29.8 Å². The van der Waals surface area contributed by atoms with E-state index in [0.29, 0.717) is 5.75 Å². The second-order valence-corrected chi connectivity index (χ2v) is 6.15. The fraction of sp³-hybridized carbons (Fsp3) is 0.167. The minimum absolute atomic E-state index is 0.0391. The Morgan fingerprint density at radius 2 is 1.68 bits per heavy atom. The van der Waals surface area contributed by atoms with Gasteiger partial charge in [-0.3, -0.25) is 10.1 Å². The molecular formula is C18H15NO2S. The first-order valence-electron chi connectivity index (χ1n) is 7.00. The van der Waals surface area contributed by atoms with Gasteiger partial charge in [0.2, 0.25) is 0 Å². The molecule has 22 heavy (non-hydrogen) atoms. The van der Waals surface area contributed by atoms with Crippen molar-refractivity contribution < 1.29 is 9.90 Å². The molecular weight excluding hydrogens is 294 g/mol. The van der Waals surface area contributed by atoms with Gasteiger partial charge in [-0.25, -0.2) is 0 Å². The Morgan fingerprint density at radius 1 is 1.05 bits per heavy atom. The van der Waals surface area contributed by atoms with Crippen molar-refractivity contribution in [2.45, 2.75) is 11.4 Å². The minimum Gasteiger partial charge on any atom is -0.480 e. The average Bonchev–Trinajstić information content (AvgIpc) is 3.05. The molecule has 0 unspecified atom stereocenters. The van der Waals surface area contributed by atoms with Gasteiger partial charge in [0, 0.05) is 16.9 Å². The minimum atomic E-state index is -0.791. The van der Waals surface area contributed by atoms with Gasteiger partial charge >= 0.3 is 5.97 Å². The summed E-state index contributed by atoms with van der Waals surface area (Å²) >= 11 is 1.62. The number of thioether (sulfide) groups is 1. The second kappa shape index (κ2) is 6.69. The Morgan fingerprint density at radius 3 is 2.27 bits per heavy atom. The molecule has 3 rings (SSSR count). The first-order valence-corrected chi connectivity index (χ1v) is 8.05. The summed E-state index contributed by atoms with van der Waals surface area (Å²) in [7, 11) is 0. The van der Waals surface area contributed by atoms with Crippen LogP contribution in [0.4, 0.5) is 0 Å². The topological polar surface area (TPSA) is 49.3 Å². The zero-order chi connectivity index (χ0) is 15.4. The van der Waals surface area contributed by atoms with Crippen molar-refractivity contribution in [1.82, 2.24) is 5.32 Å². The molecule has 0 bridgehead atoms. The van der Waals surface area contributed by atoms with Crippen molar-refractivity contribution in [3.63, 3.8) is 0 Å². The highest BCUT2D eigenvalue weighted by molar-refractivity contribution is 7.99. The molecule has 0 aliphatic carbocycles. The van der Waals surface area contributed by atoms with E-state index in [4.69, 9.17) is 5.11 Å². The highest BCUT2D eigenvalue weighted by atomic mass is 32.2. The zero-order valence-electron chi connectivity index (χ0n) is 11.8. The van der Waals surface area contributed by atoms with Crippen LogP contribution < -0.4 is 5.32 Å². The molecule has 0 aromatic heterocycles. The van der Waals surface area contributed by atoms with Gasteiger partial charge in [-0.1, -0.05) is 42.2 Å². The maximum atomic E-state index is 11.0. The Bertz CT molecular complexity index is 716. The predicted octanol–water partition coefficient (Wildman–Crippen LogP) is 2.87. The first kappa shape index (κ1) is 14.7. The normalized spacial score (nSPS) is 20.2. The Kier molecular flexibility index (Phi) is 4.47. The van der Waals surface area contributed by atoms with Crippen LogP contribution in [0.1, 0.15) is 22.1 Å². The molecule has 1 aliphatic rings. The van der Waals surface area contributed by atoms with Crippen LogP contribution in [0.25, 0.3) is 0 Å². The summed E-state index contributed by atoms with van der Waals surface area (Å²) in [6, 6.07) is 17.4. The number of aliphatic carboxylic acids is 1. The van der Waals surface area contributed by atoms with Crippen LogP contribution >= 0.6 is 11.8 Å². The van der Waals surface area contributed by atoms with Crippen LogP contribution in [0.2, 0.25) is 0 Å². The third-order valence-electron chi connectivity index (χ3n) is 3.42. The van der Waals surface area contributed by atoms with Gasteiger partial charge in [0.05, 0.1) is 5.37 Å². The summed E-state index contributed by atoms with van der Waals surface area (Å²) in [5, 5.41) is 12.2. The molecule has 1 aliphatic heterocycles. The lowest BCUT2D eigenvalue weighted by Crippen LogP contribution is -2.33. The van der Waals surface area contributed by atoms with E-state index in [1.807, 2.05) is 54.6 Å². The van der Waals surface area contributed by atoms with Crippen molar-refractivity contribution in [3.05, 3.63) is 71.3 Å². The molecule has 2 aromatic rings. The van der Waals surface area contributed by atoms with E-state index >= 15 is 0 Å². The number of carboxylic acid groups (broad SMARTS) is 1. The molecule has 0 spiro atoms. The van der Waals surface area contributed by atoms with E-state index in [9.17, 15) is 4.79 Å². The van der Waals surface area contributed by atoms with Crippen LogP contribution in [0, 0.1) is 11.8 Å². The van der Waals surface area contributed by atoms with Crippen molar-refractivity contribution in [2.24, 2.45) is 0 Å². The molecule has 3 nitrogen and oxygen atoms in total. The van der Waals surface area contributed by atoms with Crippen LogP contribution in [-0.4, -0.2) is 22.9 Å². The Balaban J connectivity index is 1.69. The fourth-order valence-electron chi connectivity index (χ4n) is 2.21. The molecule has 0 amide bonds. The van der Waals surface area contributed by atoms with Crippen molar-refractivity contribution in [3.8, 4) is 11.8 Å². The molecule has 2 N–H and O–H groups in total. The van der Waals surface area contributed by atoms with E-state index in [0.717, 1.165) is 16.7 Å². The van der Waals surface area contributed by atoms with Crippen LogP contribution in [0.5, 0.6) is 0 Å². The molecule has 0 radical (unpaired) electrons. The monoisotopic (exact) mass is 309 g/mol. The maximum Gasteiger partial charge on any atom is 0.321 e. The zero-order valence-corrected chi connectivity index (χ0v) is 12.6. The summed E-state index contributed by atoms with van der Waals surface area (Å²) in [5.74, 6) is 6.06. The molecule has 2 aromatic carbocycles. The highest BCUT2D eigenvalue weighted by Gasteiger charge is 2.30. The summed E-state index contributed by atoms with van der Waals surface area (Å²) in [6.45, 7) is 0. The molecule has 1 fully saturated rings. The molecule has 1 heterocycles. The summed E-state index contributed by atoms with van der Waals surface area (Å²) in [4.78, 5) is 11.0. The highest BCUT2D eigenvalue weighted by Crippen LogP contribution is 2.32. The maximum absolute atomic E-state index is 11.0. The van der Waals surface area contributed by atoms with Crippen molar-refractivity contribution in [2.75, 3.05) is 5.75 Å². The van der Waals surface area contributed by atoms with E-state index in [-0.39, 0.29) is 5.37 Å². The average molecular weight is 309 g/mol. The van der Waals surface area contributed by atoms with E-state index in [1.54, 1.807) is 11.8 Å². The molecule has 110 valence electrons. The van der Waals surface area contributed by atoms with Crippen LogP contribution in [0.3, 0.4) is 0 Å². The van der Waals surface area contributed by atoms with Gasteiger partial charge in [-0.15, -0.1) is 11.8 Å². The number of rotatable bonds is 2. The van der Waals surface area contributed by atoms with Crippen LogP contribution in [-0.2, 0) is 4.79 Å². The fourth-order valence-corrected chi connectivity index (χ4v) is 3.45. The van der Waals surface area contributed by atoms with Gasteiger partial charge in [0.1, 0.15) is 6.04 Å². The number of hydrogen-bond acceptors (Lipinski definition) is 3. The molecule has 0 saturated carbocycles. The lowest BCUT2D eigenvalue weighted by Gasteiger charge is -2.11. The van der Waals surface area contributed by atoms with Gasteiger partial charge in [0.15, 0.2) is 0 Å². The lowest BCUT2D eigenvalue weighted by atomic mass is 10.1. The van der Waals surface area contributed by atoms with Crippen molar-refractivity contribution >= 4 is 17.7 Å². The number of carboxylic acids is 1. The molecule has 2 atom stereocenters. The summed E-state index contributed by atoms with van der Waals surface area (Å²) in [6.07, 6.45) is 0. The van der Waals surface area contributed by atoms with Gasteiger partial charge in [0.25, 0.3) is 0 Å². The molecule has 1 saturated heterocycles. The number of benzene rings is 2. The number of hydrogen-bond donors (Lipinski definition) is 2. The van der Waals surface area contributed by atoms with Crippen molar-refractivity contribution in [1.29, 1.82) is 0 Å². The predicted molar refractivity (Wildman–Crippen MR) is 88.6 cm³/mol. The lowest BCUT2D eigenvalue weighted by molar-refractivity contribution is -0.138.